The molecule has 2 aromatic rings. The molecule has 5 heteroatoms. The first kappa shape index (κ1) is 14.9. The van der Waals surface area contributed by atoms with Crippen molar-refractivity contribution in [1.29, 1.82) is 0 Å². The molecule has 0 bridgehead atoms. The van der Waals surface area contributed by atoms with Crippen LogP contribution in [0, 0.1) is 5.82 Å². The summed E-state index contributed by atoms with van der Waals surface area (Å²) in [5.41, 5.74) is 8.03. The average Bonchev–Trinajstić information content (AvgIpc) is 2.42. The Kier molecular flexibility index (Phi) is 5.09. The lowest BCUT2D eigenvalue weighted by Crippen LogP contribution is -2.14. The summed E-state index contributed by atoms with van der Waals surface area (Å²) < 4.78 is 14.4. The molecule has 0 unspecified atom stereocenters. The Morgan fingerprint density at radius 2 is 2.00 bits per heavy atom. The first-order chi connectivity index (χ1) is 9.58. The molecule has 0 radical (unpaired) electrons. The molecule has 2 nitrogen and oxygen atoms in total. The molecule has 0 aliphatic rings. The van der Waals surface area contributed by atoms with Crippen molar-refractivity contribution in [1.82, 2.24) is 0 Å². The van der Waals surface area contributed by atoms with Gasteiger partial charge in [-0.05, 0) is 36.2 Å². The predicted molar refractivity (Wildman–Crippen MR) is 88.6 cm³/mol. The summed E-state index contributed by atoms with van der Waals surface area (Å²) >= 11 is 8.42. The van der Waals surface area contributed by atoms with Crippen LogP contribution in [0.25, 0.3) is 0 Å². The second-order valence-electron chi connectivity index (χ2n) is 4.32. The van der Waals surface area contributed by atoms with Crippen LogP contribution in [0.2, 0.25) is 0 Å². The van der Waals surface area contributed by atoms with Crippen LogP contribution in [0.4, 0.5) is 10.1 Å². The molecule has 0 amide bonds. The molecule has 20 heavy (non-hydrogen) atoms. The quantitative estimate of drug-likeness (QED) is 0.802. The average molecular weight is 353 g/mol. The highest BCUT2D eigenvalue weighted by Gasteiger charge is 2.06. The molecule has 0 aliphatic heterocycles. The molecule has 2 aromatic carbocycles. The van der Waals surface area contributed by atoms with Gasteiger partial charge in [0.2, 0.25) is 0 Å². The summed E-state index contributed by atoms with van der Waals surface area (Å²) in [7, 11) is 0. The van der Waals surface area contributed by atoms with E-state index in [2.05, 4.69) is 21.2 Å². The van der Waals surface area contributed by atoms with Gasteiger partial charge in [-0.15, -0.1) is 0 Å². The number of hydrogen-bond donors (Lipinski definition) is 2. The number of benzene rings is 2. The van der Waals surface area contributed by atoms with E-state index < -0.39 is 0 Å². The second-order valence-corrected chi connectivity index (χ2v) is 5.68. The Morgan fingerprint density at radius 1 is 1.25 bits per heavy atom. The monoisotopic (exact) mass is 352 g/mol. The van der Waals surface area contributed by atoms with Gasteiger partial charge in [-0.25, -0.2) is 4.39 Å². The summed E-state index contributed by atoms with van der Waals surface area (Å²) in [6, 6.07) is 12.5. The first-order valence-electron chi connectivity index (χ1n) is 6.14. The molecule has 0 heterocycles. The highest BCUT2D eigenvalue weighted by atomic mass is 79.9. The summed E-state index contributed by atoms with van der Waals surface area (Å²) in [6.45, 7) is 0.609. The number of anilines is 1. The Hall–Kier alpha value is -1.46. The minimum Gasteiger partial charge on any atom is -0.389 e. The highest BCUT2D eigenvalue weighted by molar-refractivity contribution is 9.10. The molecule has 0 atom stereocenters. The van der Waals surface area contributed by atoms with Crippen molar-refractivity contribution in [2.45, 2.75) is 6.42 Å². The zero-order valence-corrected chi connectivity index (χ0v) is 13.1. The molecule has 3 N–H and O–H groups in total. The molecule has 0 aliphatic carbocycles. The minimum atomic E-state index is -0.181. The van der Waals surface area contributed by atoms with Gasteiger partial charge in [0, 0.05) is 22.3 Å². The largest absolute Gasteiger partial charge is 0.389 e. The smallest absolute Gasteiger partial charge is 0.126 e. The van der Waals surface area contributed by atoms with Crippen molar-refractivity contribution in [3.63, 3.8) is 0 Å². The Morgan fingerprint density at radius 3 is 2.70 bits per heavy atom. The van der Waals surface area contributed by atoms with E-state index in [-0.39, 0.29) is 5.82 Å². The van der Waals surface area contributed by atoms with Gasteiger partial charge in [0.15, 0.2) is 0 Å². The minimum absolute atomic E-state index is 0.181. The molecule has 0 spiro atoms. The fourth-order valence-corrected chi connectivity index (χ4v) is 2.44. The van der Waals surface area contributed by atoms with Crippen molar-refractivity contribution >= 4 is 38.8 Å². The van der Waals surface area contributed by atoms with Crippen LogP contribution in [-0.4, -0.2) is 11.5 Å². The number of rotatable bonds is 5. The number of nitrogens with one attached hydrogen (secondary N) is 1. The highest BCUT2D eigenvalue weighted by Crippen LogP contribution is 2.21. The molecular weight excluding hydrogens is 339 g/mol. The third-order valence-electron chi connectivity index (χ3n) is 2.91. The van der Waals surface area contributed by atoms with Gasteiger partial charge >= 0.3 is 0 Å². The van der Waals surface area contributed by atoms with Crippen LogP contribution >= 0.6 is 28.1 Å². The van der Waals surface area contributed by atoms with Crippen LogP contribution in [0.15, 0.2) is 46.9 Å². The maximum atomic E-state index is 13.5. The fraction of sp³-hybridized carbons (Fsp3) is 0.133. The molecule has 0 saturated carbocycles. The van der Waals surface area contributed by atoms with Crippen molar-refractivity contribution in [2.24, 2.45) is 5.73 Å². The number of thiocarbonyl (C=S) groups is 1. The molecule has 0 saturated heterocycles. The van der Waals surface area contributed by atoms with Gasteiger partial charge in [-0.2, -0.15) is 0 Å². The van der Waals surface area contributed by atoms with E-state index in [0.29, 0.717) is 23.5 Å². The van der Waals surface area contributed by atoms with Crippen molar-refractivity contribution < 1.29 is 4.39 Å². The Bertz CT molecular complexity index is 631. The predicted octanol–water partition coefficient (Wildman–Crippen LogP) is 3.88. The van der Waals surface area contributed by atoms with Crippen molar-refractivity contribution in [2.75, 3.05) is 11.9 Å². The normalized spacial score (nSPS) is 10.3. The van der Waals surface area contributed by atoms with Crippen LogP contribution in [0.1, 0.15) is 11.1 Å². The van der Waals surface area contributed by atoms with Gasteiger partial charge in [0.25, 0.3) is 0 Å². The van der Waals surface area contributed by atoms with Crippen LogP contribution in [0.5, 0.6) is 0 Å². The molecule has 104 valence electrons. The van der Waals surface area contributed by atoms with E-state index in [1.165, 1.54) is 6.07 Å². The Balaban J connectivity index is 2.05. The second kappa shape index (κ2) is 6.81. The van der Waals surface area contributed by atoms with Crippen LogP contribution in [-0.2, 0) is 6.42 Å². The first-order valence-corrected chi connectivity index (χ1v) is 7.34. The lowest BCUT2D eigenvalue weighted by molar-refractivity contribution is 0.610. The summed E-state index contributed by atoms with van der Waals surface area (Å²) in [5.74, 6) is -0.181. The van der Waals surface area contributed by atoms with E-state index in [4.69, 9.17) is 18.0 Å². The van der Waals surface area contributed by atoms with Crippen molar-refractivity contribution in [3.8, 4) is 0 Å². The fourth-order valence-electron chi connectivity index (χ4n) is 1.91. The number of hydrogen-bond acceptors (Lipinski definition) is 2. The number of nitrogens with two attached hydrogens (primary N) is 1. The van der Waals surface area contributed by atoms with Gasteiger partial charge in [-0.1, -0.05) is 46.3 Å². The molecule has 0 aromatic heterocycles. The van der Waals surface area contributed by atoms with Crippen LogP contribution in [0.3, 0.4) is 0 Å². The van der Waals surface area contributed by atoms with E-state index in [9.17, 15) is 4.39 Å². The lowest BCUT2D eigenvalue weighted by Gasteiger charge is -2.12. The summed E-state index contributed by atoms with van der Waals surface area (Å²) in [6.07, 6.45) is 0.597. The van der Waals surface area contributed by atoms with Gasteiger partial charge in [0.05, 0.1) is 0 Å². The van der Waals surface area contributed by atoms with Crippen LogP contribution < -0.4 is 11.1 Å². The SMILES string of the molecule is NC(=S)c1cc(Br)ccc1NCCc1ccccc1F. The topological polar surface area (TPSA) is 38.0 Å². The van der Waals surface area contributed by atoms with E-state index in [1.807, 2.05) is 24.3 Å². The van der Waals surface area contributed by atoms with Gasteiger partial charge in [0.1, 0.15) is 10.8 Å². The zero-order chi connectivity index (χ0) is 14.5. The summed E-state index contributed by atoms with van der Waals surface area (Å²) in [4.78, 5) is 0.333. The molecular formula is C15H14BrFN2S. The van der Waals surface area contributed by atoms with E-state index in [0.717, 1.165) is 15.7 Å². The lowest BCUT2D eigenvalue weighted by atomic mass is 10.1. The van der Waals surface area contributed by atoms with E-state index >= 15 is 0 Å². The van der Waals surface area contributed by atoms with E-state index in [1.54, 1.807) is 12.1 Å². The number of halogens is 2. The standard InChI is InChI=1S/C15H14BrFN2S/c16-11-5-6-14(12(9-11)15(18)20)19-8-7-10-3-1-2-4-13(10)17/h1-6,9,19H,7-8H2,(H2,18,20). The maximum Gasteiger partial charge on any atom is 0.126 e. The van der Waals surface area contributed by atoms with Gasteiger partial charge in [-0.3, -0.25) is 0 Å². The molecule has 2 rings (SSSR count). The van der Waals surface area contributed by atoms with Gasteiger partial charge < -0.3 is 11.1 Å². The van der Waals surface area contributed by atoms with Crippen molar-refractivity contribution in [3.05, 3.63) is 63.9 Å². The Labute approximate surface area is 131 Å². The zero-order valence-electron chi connectivity index (χ0n) is 10.7. The maximum absolute atomic E-state index is 13.5. The molecule has 0 fully saturated rings. The third-order valence-corrected chi connectivity index (χ3v) is 3.63. The third kappa shape index (κ3) is 3.77. The summed E-state index contributed by atoms with van der Waals surface area (Å²) in [5, 5.41) is 3.24.